The molecule has 18 heavy (non-hydrogen) atoms. The molecule has 3 nitrogen and oxygen atoms in total. The van der Waals surface area contributed by atoms with Gasteiger partial charge in [0.1, 0.15) is 18.2 Å². The predicted octanol–water partition coefficient (Wildman–Crippen LogP) is 3.48. The van der Waals surface area contributed by atoms with Gasteiger partial charge in [0, 0.05) is 12.7 Å². The van der Waals surface area contributed by atoms with E-state index in [4.69, 9.17) is 4.74 Å². The van der Waals surface area contributed by atoms with Crippen LogP contribution in [0.3, 0.4) is 0 Å². The molecular weight excluding hydrogens is 224 g/mol. The van der Waals surface area contributed by atoms with Crippen molar-refractivity contribution in [2.75, 3.05) is 11.9 Å². The Kier molecular flexibility index (Phi) is 4.59. The van der Waals surface area contributed by atoms with E-state index in [9.17, 15) is 0 Å². The van der Waals surface area contributed by atoms with Crippen LogP contribution in [-0.4, -0.2) is 11.5 Å². The molecule has 1 N–H and O–H groups in total. The van der Waals surface area contributed by atoms with Gasteiger partial charge in [0.25, 0.3) is 0 Å². The standard InChI is InChI=1S/C15H18N2O/c1-2-9-16-15-11-13(8-10-17-15)12-18-14-6-4-3-5-7-14/h3-8,10-11H,2,9,12H2,1H3,(H,16,17). The molecule has 0 fully saturated rings. The lowest BCUT2D eigenvalue weighted by atomic mass is 10.2. The number of pyridine rings is 1. The number of nitrogens with zero attached hydrogens (tertiary/aromatic N) is 1. The largest absolute Gasteiger partial charge is 0.489 e. The van der Waals surface area contributed by atoms with Crippen LogP contribution >= 0.6 is 0 Å². The molecule has 2 rings (SSSR count). The molecule has 0 bridgehead atoms. The summed E-state index contributed by atoms with van der Waals surface area (Å²) in [6, 6.07) is 13.8. The maximum absolute atomic E-state index is 5.70. The molecule has 0 saturated carbocycles. The first-order valence-corrected chi connectivity index (χ1v) is 6.25. The molecule has 0 atom stereocenters. The topological polar surface area (TPSA) is 34.1 Å². The highest BCUT2D eigenvalue weighted by molar-refractivity contribution is 5.37. The van der Waals surface area contributed by atoms with Crippen molar-refractivity contribution < 1.29 is 4.74 Å². The summed E-state index contributed by atoms with van der Waals surface area (Å²) in [6.45, 7) is 3.64. The fourth-order valence-electron chi connectivity index (χ4n) is 1.60. The first-order chi connectivity index (χ1) is 8.88. The maximum Gasteiger partial charge on any atom is 0.126 e. The molecule has 0 spiro atoms. The molecule has 0 unspecified atom stereocenters. The molecule has 1 heterocycles. The van der Waals surface area contributed by atoms with Crippen molar-refractivity contribution in [1.82, 2.24) is 4.98 Å². The van der Waals surface area contributed by atoms with Crippen molar-refractivity contribution in [3.05, 3.63) is 54.2 Å². The number of hydrogen-bond donors (Lipinski definition) is 1. The molecule has 2 aromatic rings. The average Bonchev–Trinajstić information content (AvgIpc) is 2.44. The second-order valence-corrected chi connectivity index (χ2v) is 4.08. The first-order valence-electron chi connectivity index (χ1n) is 6.25. The zero-order valence-electron chi connectivity index (χ0n) is 10.6. The minimum atomic E-state index is 0.563. The summed E-state index contributed by atoms with van der Waals surface area (Å²) >= 11 is 0. The van der Waals surface area contributed by atoms with E-state index in [1.54, 1.807) is 0 Å². The van der Waals surface area contributed by atoms with Gasteiger partial charge in [0.2, 0.25) is 0 Å². The molecule has 0 saturated heterocycles. The van der Waals surface area contributed by atoms with Gasteiger partial charge in [-0.2, -0.15) is 0 Å². The molecule has 0 radical (unpaired) electrons. The third kappa shape index (κ3) is 3.77. The Bertz CT molecular complexity index is 471. The van der Waals surface area contributed by atoms with Crippen LogP contribution in [0.4, 0.5) is 5.82 Å². The number of anilines is 1. The minimum Gasteiger partial charge on any atom is -0.489 e. The number of rotatable bonds is 6. The summed E-state index contributed by atoms with van der Waals surface area (Å²) in [5, 5.41) is 3.27. The molecule has 1 aromatic carbocycles. The molecule has 0 aliphatic carbocycles. The lowest BCUT2D eigenvalue weighted by molar-refractivity contribution is 0.306. The van der Waals surface area contributed by atoms with Crippen molar-refractivity contribution in [1.29, 1.82) is 0 Å². The molecule has 94 valence electrons. The Hall–Kier alpha value is -2.03. The number of aromatic nitrogens is 1. The van der Waals surface area contributed by atoms with E-state index in [0.29, 0.717) is 6.61 Å². The second-order valence-electron chi connectivity index (χ2n) is 4.08. The average molecular weight is 242 g/mol. The van der Waals surface area contributed by atoms with Gasteiger partial charge < -0.3 is 10.1 Å². The van der Waals surface area contributed by atoms with E-state index in [1.807, 2.05) is 48.7 Å². The Morgan fingerprint density at radius 2 is 2.00 bits per heavy atom. The minimum absolute atomic E-state index is 0.563. The van der Waals surface area contributed by atoms with E-state index in [-0.39, 0.29) is 0 Å². The number of nitrogens with one attached hydrogen (secondary N) is 1. The zero-order chi connectivity index (χ0) is 12.6. The van der Waals surface area contributed by atoms with Crippen LogP contribution in [0.1, 0.15) is 18.9 Å². The van der Waals surface area contributed by atoms with Gasteiger partial charge in [-0.1, -0.05) is 25.1 Å². The highest BCUT2D eigenvalue weighted by Crippen LogP contribution is 2.13. The summed E-state index contributed by atoms with van der Waals surface area (Å²) in [5.74, 6) is 1.79. The van der Waals surface area contributed by atoms with Crippen LogP contribution in [0, 0.1) is 0 Å². The maximum atomic E-state index is 5.70. The quantitative estimate of drug-likeness (QED) is 0.842. The number of benzene rings is 1. The van der Waals surface area contributed by atoms with Gasteiger partial charge in [-0.05, 0) is 36.2 Å². The van der Waals surface area contributed by atoms with Crippen molar-refractivity contribution in [2.24, 2.45) is 0 Å². The Balaban J connectivity index is 1.93. The number of para-hydroxylation sites is 1. The van der Waals surface area contributed by atoms with Gasteiger partial charge in [-0.3, -0.25) is 0 Å². The lowest BCUT2D eigenvalue weighted by Gasteiger charge is -2.08. The number of hydrogen-bond acceptors (Lipinski definition) is 3. The van der Waals surface area contributed by atoms with Crippen LogP contribution in [0.15, 0.2) is 48.7 Å². The molecular formula is C15H18N2O. The van der Waals surface area contributed by atoms with E-state index in [2.05, 4.69) is 17.2 Å². The van der Waals surface area contributed by atoms with E-state index in [1.165, 1.54) is 0 Å². The molecule has 3 heteroatoms. The fourth-order valence-corrected chi connectivity index (χ4v) is 1.60. The monoisotopic (exact) mass is 242 g/mol. The highest BCUT2D eigenvalue weighted by atomic mass is 16.5. The van der Waals surface area contributed by atoms with E-state index >= 15 is 0 Å². The normalized spacial score (nSPS) is 10.1. The predicted molar refractivity (Wildman–Crippen MR) is 73.8 cm³/mol. The summed E-state index contributed by atoms with van der Waals surface area (Å²) in [5.41, 5.74) is 1.12. The van der Waals surface area contributed by atoms with Gasteiger partial charge >= 0.3 is 0 Å². The van der Waals surface area contributed by atoms with Crippen molar-refractivity contribution in [3.63, 3.8) is 0 Å². The molecule has 0 amide bonds. The smallest absolute Gasteiger partial charge is 0.126 e. The highest BCUT2D eigenvalue weighted by Gasteiger charge is 1.98. The Morgan fingerprint density at radius 1 is 1.17 bits per heavy atom. The zero-order valence-corrected chi connectivity index (χ0v) is 10.6. The van der Waals surface area contributed by atoms with Crippen LogP contribution in [0.25, 0.3) is 0 Å². The van der Waals surface area contributed by atoms with Gasteiger partial charge in [-0.25, -0.2) is 4.98 Å². The van der Waals surface area contributed by atoms with E-state index in [0.717, 1.165) is 30.1 Å². The third-order valence-corrected chi connectivity index (χ3v) is 2.53. The summed E-state index contributed by atoms with van der Waals surface area (Å²) in [6.07, 6.45) is 2.90. The SMILES string of the molecule is CCCNc1cc(COc2ccccc2)ccn1. The molecule has 1 aromatic heterocycles. The Morgan fingerprint density at radius 3 is 2.78 bits per heavy atom. The van der Waals surface area contributed by atoms with Crippen LogP contribution < -0.4 is 10.1 Å². The van der Waals surface area contributed by atoms with E-state index < -0.39 is 0 Å². The number of ether oxygens (including phenoxy) is 1. The molecule has 0 aliphatic heterocycles. The van der Waals surface area contributed by atoms with Crippen LogP contribution in [0.2, 0.25) is 0 Å². The summed E-state index contributed by atoms with van der Waals surface area (Å²) < 4.78 is 5.70. The van der Waals surface area contributed by atoms with Crippen molar-refractivity contribution in [2.45, 2.75) is 20.0 Å². The lowest BCUT2D eigenvalue weighted by Crippen LogP contribution is -2.03. The summed E-state index contributed by atoms with van der Waals surface area (Å²) in [7, 11) is 0. The van der Waals surface area contributed by atoms with Crippen molar-refractivity contribution in [3.8, 4) is 5.75 Å². The van der Waals surface area contributed by atoms with Crippen molar-refractivity contribution >= 4 is 5.82 Å². The van der Waals surface area contributed by atoms with Gasteiger partial charge in [0.05, 0.1) is 0 Å². The molecule has 0 aliphatic rings. The van der Waals surface area contributed by atoms with Crippen LogP contribution in [-0.2, 0) is 6.61 Å². The van der Waals surface area contributed by atoms with Gasteiger partial charge in [-0.15, -0.1) is 0 Å². The van der Waals surface area contributed by atoms with Gasteiger partial charge in [0.15, 0.2) is 0 Å². The van der Waals surface area contributed by atoms with Crippen LogP contribution in [0.5, 0.6) is 5.75 Å². The Labute approximate surface area is 108 Å². The third-order valence-electron chi connectivity index (χ3n) is 2.53. The first kappa shape index (κ1) is 12.4. The summed E-state index contributed by atoms with van der Waals surface area (Å²) in [4.78, 5) is 4.27. The second kappa shape index (κ2) is 6.64. The fraction of sp³-hybridized carbons (Fsp3) is 0.267.